The van der Waals surface area contributed by atoms with Crippen molar-refractivity contribution in [1.29, 1.82) is 5.26 Å². The Kier molecular flexibility index (Phi) is 4.36. The van der Waals surface area contributed by atoms with E-state index in [2.05, 4.69) is 21.6 Å². The molecule has 0 aliphatic rings. The van der Waals surface area contributed by atoms with Crippen molar-refractivity contribution in [1.82, 2.24) is 20.2 Å². The van der Waals surface area contributed by atoms with Gasteiger partial charge in [-0.05, 0) is 41.6 Å². The maximum atomic E-state index is 8.77. The van der Waals surface area contributed by atoms with Crippen molar-refractivity contribution in [3.8, 4) is 17.5 Å². The van der Waals surface area contributed by atoms with Crippen molar-refractivity contribution in [2.24, 2.45) is 5.92 Å². The molecule has 0 spiro atoms. The molecule has 0 N–H and O–H groups in total. The second-order valence-corrected chi connectivity index (χ2v) is 4.90. The monoisotopic (exact) mass is 275 g/mol. The first-order valence-corrected chi connectivity index (χ1v) is 6.68. The lowest BCUT2D eigenvalue weighted by Gasteiger charge is -2.05. The standard InChI is InChI=1S/C12H13N5OS/c1-9(7-13)8-19-12-14-15-16-17(12)10-3-5-11(18-2)6-4-10/h3-6,9H,8H2,1-2H3/t9-/m0/s1. The number of tetrazole rings is 1. The van der Waals surface area contributed by atoms with Gasteiger partial charge in [-0.2, -0.15) is 9.94 Å². The average Bonchev–Trinajstić information content (AvgIpc) is 2.93. The average molecular weight is 275 g/mol. The molecule has 7 heteroatoms. The molecule has 0 saturated heterocycles. The van der Waals surface area contributed by atoms with Gasteiger partial charge in [0.1, 0.15) is 5.75 Å². The van der Waals surface area contributed by atoms with Crippen molar-refractivity contribution >= 4 is 11.8 Å². The SMILES string of the molecule is COc1ccc(-n2nnnc2SC[C@@H](C)C#N)cc1. The fourth-order valence-corrected chi connectivity index (χ4v) is 2.22. The molecule has 98 valence electrons. The third-order valence-electron chi connectivity index (χ3n) is 2.44. The van der Waals surface area contributed by atoms with Crippen molar-refractivity contribution in [2.45, 2.75) is 12.1 Å². The zero-order valence-corrected chi connectivity index (χ0v) is 11.5. The first kappa shape index (κ1) is 13.4. The van der Waals surface area contributed by atoms with E-state index in [1.54, 1.807) is 11.8 Å². The molecule has 0 amide bonds. The summed E-state index contributed by atoms with van der Waals surface area (Å²) in [7, 11) is 1.62. The normalized spacial score (nSPS) is 11.8. The van der Waals surface area contributed by atoms with Crippen LogP contribution >= 0.6 is 11.8 Å². The van der Waals surface area contributed by atoms with Gasteiger partial charge >= 0.3 is 0 Å². The summed E-state index contributed by atoms with van der Waals surface area (Å²) in [5.41, 5.74) is 0.859. The molecule has 1 aromatic carbocycles. The van der Waals surface area contributed by atoms with Gasteiger partial charge in [0.05, 0.1) is 24.8 Å². The lowest BCUT2D eigenvalue weighted by Crippen LogP contribution is -2.01. The molecule has 0 saturated carbocycles. The maximum Gasteiger partial charge on any atom is 0.214 e. The first-order valence-electron chi connectivity index (χ1n) is 5.70. The summed E-state index contributed by atoms with van der Waals surface area (Å²) in [6, 6.07) is 9.65. The molecule has 19 heavy (non-hydrogen) atoms. The lowest BCUT2D eigenvalue weighted by atomic mass is 10.3. The number of rotatable bonds is 5. The molecular weight excluding hydrogens is 262 g/mol. The summed E-state index contributed by atoms with van der Waals surface area (Å²) in [4.78, 5) is 0. The van der Waals surface area contributed by atoms with Crippen LogP contribution in [-0.4, -0.2) is 33.1 Å². The second-order valence-electron chi connectivity index (χ2n) is 3.91. The number of ether oxygens (including phenoxy) is 1. The van der Waals surface area contributed by atoms with Gasteiger partial charge < -0.3 is 4.74 Å². The van der Waals surface area contributed by atoms with Crippen LogP contribution < -0.4 is 4.74 Å². The number of hydrogen-bond donors (Lipinski definition) is 0. The minimum Gasteiger partial charge on any atom is -0.497 e. The van der Waals surface area contributed by atoms with Crippen LogP contribution in [0.5, 0.6) is 5.75 Å². The van der Waals surface area contributed by atoms with E-state index < -0.39 is 0 Å². The molecule has 1 atom stereocenters. The van der Waals surface area contributed by atoms with Gasteiger partial charge in [0.15, 0.2) is 0 Å². The minimum absolute atomic E-state index is 0.0361. The molecule has 0 unspecified atom stereocenters. The van der Waals surface area contributed by atoms with Crippen molar-refractivity contribution < 1.29 is 4.74 Å². The largest absolute Gasteiger partial charge is 0.497 e. The predicted molar refractivity (Wildman–Crippen MR) is 71.2 cm³/mol. The van der Waals surface area contributed by atoms with Gasteiger partial charge in [-0.25, -0.2) is 0 Å². The van der Waals surface area contributed by atoms with Crippen LogP contribution in [0, 0.1) is 17.2 Å². The van der Waals surface area contributed by atoms with Gasteiger partial charge in [0.25, 0.3) is 0 Å². The smallest absolute Gasteiger partial charge is 0.214 e. The molecule has 0 radical (unpaired) electrons. The fourth-order valence-electron chi connectivity index (χ4n) is 1.39. The number of nitriles is 1. The molecule has 2 rings (SSSR count). The van der Waals surface area contributed by atoms with Gasteiger partial charge in [0.2, 0.25) is 5.16 Å². The van der Waals surface area contributed by atoms with Crippen LogP contribution in [0.2, 0.25) is 0 Å². The predicted octanol–water partition coefficient (Wildman–Crippen LogP) is 1.92. The number of hydrogen-bond acceptors (Lipinski definition) is 6. The quantitative estimate of drug-likeness (QED) is 0.776. The summed E-state index contributed by atoms with van der Waals surface area (Å²) in [6.45, 7) is 1.87. The zero-order valence-electron chi connectivity index (χ0n) is 10.6. The van der Waals surface area contributed by atoms with Gasteiger partial charge in [-0.15, -0.1) is 5.10 Å². The minimum atomic E-state index is -0.0361. The second kappa shape index (κ2) is 6.20. The summed E-state index contributed by atoms with van der Waals surface area (Å²) in [6.07, 6.45) is 0. The topological polar surface area (TPSA) is 76.6 Å². The van der Waals surface area contributed by atoms with Crippen LogP contribution in [0.15, 0.2) is 29.4 Å². The third-order valence-corrected chi connectivity index (χ3v) is 3.62. The summed E-state index contributed by atoms with van der Waals surface area (Å²) >= 11 is 1.46. The Hall–Kier alpha value is -2.07. The highest BCUT2D eigenvalue weighted by molar-refractivity contribution is 7.99. The Morgan fingerprint density at radius 3 is 2.79 bits per heavy atom. The Balaban J connectivity index is 2.16. The number of nitrogens with zero attached hydrogens (tertiary/aromatic N) is 5. The highest BCUT2D eigenvalue weighted by Gasteiger charge is 2.10. The molecule has 1 heterocycles. The highest BCUT2D eigenvalue weighted by Crippen LogP contribution is 2.21. The molecule has 0 aliphatic carbocycles. The molecule has 1 aromatic heterocycles. The Bertz CT molecular complexity index is 575. The molecule has 2 aromatic rings. The molecule has 0 fully saturated rings. The van der Waals surface area contributed by atoms with E-state index in [-0.39, 0.29) is 5.92 Å². The lowest BCUT2D eigenvalue weighted by molar-refractivity contribution is 0.414. The van der Waals surface area contributed by atoms with Crippen LogP contribution in [0.1, 0.15) is 6.92 Å². The van der Waals surface area contributed by atoms with E-state index in [4.69, 9.17) is 10.00 Å². The zero-order chi connectivity index (χ0) is 13.7. The molecule has 6 nitrogen and oxygen atoms in total. The number of benzene rings is 1. The van der Waals surface area contributed by atoms with E-state index >= 15 is 0 Å². The number of thioether (sulfide) groups is 1. The Morgan fingerprint density at radius 2 is 2.16 bits per heavy atom. The Morgan fingerprint density at radius 1 is 1.42 bits per heavy atom. The third kappa shape index (κ3) is 3.23. The molecular formula is C12H13N5OS. The maximum absolute atomic E-state index is 8.77. The van der Waals surface area contributed by atoms with Crippen LogP contribution in [0.4, 0.5) is 0 Å². The van der Waals surface area contributed by atoms with Gasteiger partial charge in [-0.1, -0.05) is 11.8 Å². The molecule has 0 bridgehead atoms. The summed E-state index contributed by atoms with van der Waals surface area (Å²) in [5, 5.41) is 21.0. The summed E-state index contributed by atoms with van der Waals surface area (Å²) in [5.74, 6) is 1.41. The summed E-state index contributed by atoms with van der Waals surface area (Å²) < 4.78 is 6.76. The van der Waals surface area contributed by atoms with Crippen LogP contribution in [-0.2, 0) is 0 Å². The highest BCUT2D eigenvalue weighted by atomic mass is 32.2. The van der Waals surface area contributed by atoms with E-state index in [1.165, 1.54) is 11.8 Å². The van der Waals surface area contributed by atoms with E-state index in [0.717, 1.165) is 11.4 Å². The van der Waals surface area contributed by atoms with Crippen molar-refractivity contribution in [2.75, 3.05) is 12.9 Å². The fraction of sp³-hybridized carbons (Fsp3) is 0.333. The van der Waals surface area contributed by atoms with Crippen LogP contribution in [0.3, 0.4) is 0 Å². The van der Waals surface area contributed by atoms with E-state index in [9.17, 15) is 0 Å². The van der Waals surface area contributed by atoms with Gasteiger partial charge in [-0.3, -0.25) is 0 Å². The van der Waals surface area contributed by atoms with E-state index in [0.29, 0.717) is 10.9 Å². The molecule has 0 aliphatic heterocycles. The number of methoxy groups -OCH3 is 1. The van der Waals surface area contributed by atoms with Crippen molar-refractivity contribution in [3.05, 3.63) is 24.3 Å². The van der Waals surface area contributed by atoms with Gasteiger partial charge in [0, 0.05) is 5.75 Å². The Labute approximate surface area is 115 Å². The van der Waals surface area contributed by atoms with Crippen molar-refractivity contribution in [3.63, 3.8) is 0 Å². The van der Waals surface area contributed by atoms with E-state index in [1.807, 2.05) is 31.2 Å². The van der Waals surface area contributed by atoms with Crippen LogP contribution in [0.25, 0.3) is 5.69 Å². The first-order chi connectivity index (χ1) is 9.24. The number of aromatic nitrogens is 4.